The number of rotatable bonds is 25. The number of H-pyrrole nitrogens is 2. The van der Waals surface area contributed by atoms with E-state index in [4.69, 9.17) is 0 Å². The number of aryl methyl sites for hydroxylation is 1. The lowest BCUT2D eigenvalue weighted by Gasteiger charge is -2.08. The summed E-state index contributed by atoms with van der Waals surface area (Å²) in [7, 11) is 0. The molecule has 3 aromatic heterocycles. The SMILES string of the molecule is CC(=O)CSC1=NN=C(c2cc(-c3ccc(NC(C)=O)cc3)cc([N+](=O)[O-])c2)C1.CC(=O)CSC1=NN=C(c2cc(-c3cccc(O)c3)cc([N+](=O)[O-])c2)C1.CC(=O)CSc1n[nH]c(-c2cc(-c3ccc4c(c3)N=CC4)cc([N+](=O)[O-])c2)n1.CCCn1ccc2cc(-c3cc(-c4nc(SCC(C)=O)n[nH]4)cc([N+](=O)[O-])c3)ccc21. The van der Waals surface area contributed by atoms with Crippen LogP contribution in [0.15, 0.2) is 206 Å². The molecular formula is C79H69N17O14S4. The molecule has 0 bridgehead atoms. The first-order valence-electron chi connectivity index (χ1n) is 34.9. The molecule has 4 N–H and O–H groups in total. The minimum atomic E-state index is -0.461. The number of anilines is 1. The van der Waals surface area contributed by atoms with Crippen LogP contribution in [0.25, 0.3) is 78.2 Å². The van der Waals surface area contributed by atoms with E-state index in [1.165, 1.54) is 130 Å². The summed E-state index contributed by atoms with van der Waals surface area (Å²) in [6.07, 6.45) is 6.62. The highest BCUT2D eigenvalue weighted by molar-refractivity contribution is 8.14. The Morgan fingerprint density at radius 1 is 0.474 bits per heavy atom. The van der Waals surface area contributed by atoms with Gasteiger partial charge in [0.05, 0.1) is 59.8 Å². The molecular weight excluding hydrogens is 1540 g/mol. The molecule has 0 aliphatic carbocycles. The number of carbonyl (C=O) groups excluding carboxylic acids is 5. The number of aromatic nitrogens is 7. The molecule has 0 atom stereocenters. The van der Waals surface area contributed by atoms with Gasteiger partial charge in [-0.1, -0.05) is 72.9 Å². The van der Waals surface area contributed by atoms with Crippen LogP contribution in [0.3, 0.4) is 0 Å². The molecule has 0 fully saturated rings. The van der Waals surface area contributed by atoms with Crippen molar-refractivity contribution in [2.45, 2.75) is 84.1 Å². The number of nitro groups is 4. The zero-order valence-electron chi connectivity index (χ0n) is 61.8. The first-order valence-corrected chi connectivity index (χ1v) is 38.8. The normalized spacial score (nSPS) is 12.3. The summed E-state index contributed by atoms with van der Waals surface area (Å²) in [5.41, 5.74) is 13.1. The number of amides is 1. The van der Waals surface area contributed by atoms with Gasteiger partial charge < -0.3 is 15.0 Å². The maximum atomic E-state index is 11.6. The molecule has 0 unspecified atom stereocenters. The molecule has 8 aromatic carbocycles. The highest BCUT2D eigenvalue weighted by Gasteiger charge is 2.24. The molecule has 14 rings (SSSR count). The summed E-state index contributed by atoms with van der Waals surface area (Å²) in [6, 6.07) is 46.8. The van der Waals surface area contributed by atoms with Crippen molar-refractivity contribution < 1.29 is 48.8 Å². The third-order valence-electron chi connectivity index (χ3n) is 16.8. The molecule has 1 amide bonds. The number of phenolic OH excluding ortho intramolecular Hbond substituents is 1. The minimum Gasteiger partial charge on any atom is -0.508 e. The number of thioether (sulfide) groups is 4. The number of aromatic amines is 2. The van der Waals surface area contributed by atoms with Gasteiger partial charge in [0.25, 0.3) is 22.7 Å². The van der Waals surface area contributed by atoms with E-state index >= 15 is 0 Å². The number of aliphatic imine (C=N–C) groups is 1. The number of nitro benzene ring substituents is 4. The van der Waals surface area contributed by atoms with Gasteiger partial charge in [-0.15, -0.1) is 43.9 Å². The summed E-state index contributed by atoms with van der Waals surface area (Å²) < 4.78 is 2.20. The van der Waals surface area contributed by atoms with Gasteiger partial charge in [-0.25, -0.2) is 9.97 Å². The fourth-order valence-corrected chi connectivity index (χ4v) is 14.2. The molecule has 11 aromatic rings. The Bertz CT molecular complexity index is 5790. The Balaban J connectivity index is 0.000000150. The summed E-state index contributed by atoms with van der Waals surface area (Å²) in [6.45, 7) is 10.5. The fourth-order valence-electron chi connectivity index (χ4n) is 11.6. The van der Waals surface area contributed by atoms with Crippen LogP contribution in [0.1, 0.15) is 77.5 Å². The second-order valence-electron chi connectivity index (χ2n) is 25.9. The molecule has 0 saturated heterocycles. The molecule has 114 heavy (non-hydrogen) atoms. The standard InChI is InChI=1S/C22H21N5O3S.C20H18N4O4S.C19H15N5O3S.C18H15N3O4S/c1-3-7-26-8-6-16-9-15(4-5-20(16)26)17-10-18(12-19(11-17)27(29)30)21-23-22(25-24-21)31-13-14(2)28;1-12(25)11-29-20-10-19(22-23-20)16-7-15(8-18(9-16)24(27)28)14-3-5-17(6-4-14)21-13(2)26;1-11(25)10-28-19-21-18(22-23-19)15-6-14(7-16(8-15)24(26)27)13-3-2-12-4-5-20-17(12)9-13;1-11(22)10-26-18-9-17(19-20-18)14-5-13(6-15(7-14)21(24)25)12-3-2-4-16(23)8-12/h4-6,8-12H,3,7,13H2,1-2H3,(H,23,24,25);3-9H,10-11H2,1-2H3,(H,21,26);2-3,5-9H,4,10H2,1H3,(H,21,22,23);2-8,23H,9-10H2,1H3. The average Bonchev–Trinajstić information content (AvgIpc) is 1.46. The van der Waals surface area contributed by atoms with E-state index in [1.54, 1.807) is 54.6 Å². The maximum absolute atomic E-state index is 11.6. The Morgan fingerprint density at radius 2 is 0.904 bits per heavy atom. The number of aromatic hydroxyl groups is 1. The fraction of sp³-hybridized carbons (Fsp3) is 0.190. The van der Waals surface area contributed by atoms with E-state index in [2.05, 4.69) is 84.8 Å². The number of hydrogen-bond donors (Lipinski definition) is 4. The van der Waals surface area contributed by atoms with Crippen LogP contribution in [-0.2, 0) is 36.9 Å². The quantitative estimate of drug-likeness (QED) is 0.0234. The molecule has 0 saturated carbocycles. The van der Waals surface area contributed by atoms with Gasteiger partial charge in [0.2, 0.25) is 16.2 Å². The van der Waals surface area contributed by atoms with E-state index in [-0.39, 0.29) is 69.0 Å². The van der Waals surface area contributed by atoms with Gasteiger partial charge in [0, 0.05) is 133 Å². The van der Waals surface area contributed by atoms with Crippen LogP contribution in [-0.4, -0.2) is 140 Å². The lowest BCUT2D eigenvalue weighted by atomic mass is 9.99. The van der Waals surface area contributed by atoms with E-state index in [9.17, 15) is 69.5 Å². The highest BCUT2D eigenvalue weighted by atomic mass is 32.2. The number of carbonyl (C=O) groups is 5. The Hall–Kier alpha value is -13.1. The lowest BCUT2D eigenvalue weighted by Crippen LogP contribution is -2.05. The number of fused-ring (bicyclic) bond motifs is 2. The largest absolute Gasteiger partial charge is 0.508 e. The number of hydrogen-bond acceptors (Lipinski definition) is 27. The van der Waals surface area contributed by atoms with Gasteiger partial charge in [-0.2, -0.15) is 10.2 Å². The maximum Gasteiger partial charge on any atom is 0.270 e. The zero-order valence-corrected chi connectivity index (χ0v) is 65.0. The predicted molar refractivity (Wildman–Crippen MR) is 445 cm³/mol. The zero-order chi connectivity index (χ0) is 81.3. The number of nitrogens with zero attached hydrogens (tertiary/aromatic N) is 14. The van der Waals surface area contributed by atoms with Gasteiger partial charge >= 0.3 is 0 Å². The third kappa shape index (κ3) is 22.1. The molecule has 0 spiro atoms. The molecule has 6 heterocycles. The van der Waals surface area contributed by atoms with E-state index in [1.807, 2.05) is 60.8 Å². The van der Waals surface area contributed by atoms with Crippen molar-refractivity contribution >= 4 is 149 Å². The average molecular weight is 1610 g/mol. The molecule has 578 valence electrons. The molecule has 3 aliphatic heterocycles. The number of nitrogens with one attached hydrogen (secondary N) is 3. The van der Waals surface area contributed by atoms with Crippen LogP contribution >= 0.6 is 47.0 Å². The molecule has 35 heteroatoms. The molecule has 0 radical (unpaired) electrons. The number of benzene rings is 8. The number of Topliss-reactive ketones (excluding diaryl/α,β-unsaturated/α-hetero) is 4. The van der Waals surface area contributed by atoms with E-state index in [0.29, 0.717) is 118 Å². The smallest absolute Gasteiger partial charge is 0.270 e. The minimum absolute atomic E-state index is 0.0215. The monoisotopic (exact) mass is 1610 g/mol. The van der Waals surface area contributed by atoms with Crippen LogP contribution in [0, 0.1) is 40.5 Å². The second-order valence-corrected chi connectivity index (χ2v) is 29.9. The highest BCUT2D eigenvalue weighted by Crippen LogP contribution is 2.38. The third-order valence-corrected chi connectivity index (χ3v) is 21.0. The van der Waals surface area contributed by atoms with Crippen molar-refractivity contribution in [1.29, 1.82) is 0 Å². The van der Waals surface area contributed by atoms with Gasteiger partial charge in [-0.3, -0.25) is 79.6 Å². The van der Waals surface area contributed by atoms with Gasteiger partial charge in [0.1, 0.15) is 39.0 Å². The van der Waals surface area contributed by atoms with E-state index < -0.39 is 19.7 Å². The van der Waals surface area contributed by atoms with Crippen molar-refractivity contribution in [2.24, 2.45) is 25.4 Å². The first-order chi connectivity index (χ1) is 54.7. The topological polar surface area (TPSA) is 440 Å². The molecule has 3 aliphatic rings. The lowest BCUT2D eigenvalue weighted by molar-refractivity contribution is -0.385. The van der Waals surface area contributed by atoms with Crippen LogP contribution in [0.2, 0.25) is 0 Å². The van der Waals surface area contributed by atoms with Gasteiger partial charge in [-0.05, 0) is 157 Å². The Morgan fingerprint density at radius 3 is 1.37 bits per heavy atom. The van der Waals surface area contributed by atoms with Crippen LogP contribution in [0.5, 0.6) is 5.75 Å². The predicted octanol–water partition coefficient (Wildman–Crippen LogP) is 16.9. The van der Waals surface area contributed by atoms with Crippen LogP contribution in [0.4, 0.5) is 34.1 Å². The van der Waals surface area contributed by atoms with Gasteiger partial charge in [0.15, 0.2) is 11.6 Å². The van der Waals surface area contributed by atoms with Crippen molar-refractivity contribution in [2.75, 3.05) is 28.3 Å². The van der Waals surface area contributed by atoms with Crippen molar-refractivity contribution in [1.82, 2.24) is 34.9 Å². The number of non-ortho nitro benzene ring substituents is 4. The number of phenols is 1. The number of ketones is 4. The first kappa shape index (κ1) is 81.9. The Kier molecular flexibility index (Phi) is 27.1. The molecule has 31 nitrogen and oxygen atoms in total. The van der Waals surface area contributed by atoms with Crippen LogP contribution < -0.4 is 5.32 Å². The Labute approximate surface area is 666 Å². The summed E-state index contributed by atoms with van der Waals surface area (Å²) in [4.78, 5) is 113. The summed E-state index contributed by atoms with van der Waals surface area (Å²) >= 11 is 5.09. The van der Waals surface area contributed by atoms with Crippen molar-refractivity contribution in [3.8, 4) is 73.0 Å². The van der Waals surface area contributed by atoms with E-state index in [0.717, 1.165) is 63.8 Å². The summed E-state index contributed by atoms with van der Waals surface area (Å²) in [5.74, 6) is 2.08. The second kappa shape index (κ2) is 37.7. The summed E-state index contributed by atoms with van der Waals surface area (Å²) in [5, 5.41) is 91.6. The van der Waals surface area contributed by atoms with Crippen molar-refractivity contribution in [3.05, 3.63) is 227 Å². The van der Waals surface area contributed by atoms with Crippen molar-refractivity contribution in [3.63, 3.8) is 0 Å².